The van der Waals surface area contributed by atoms with Crippen LogP contribution in [0.2, 0.25) is 0 Å². The minimum Gasteiger partial charge on any atom is -0.356 e. The van der Waals surface area contributed by atoms with Crippen molar-refractivity contribution >= 4 is 15.8 Å². The normalized spacial score (nSPS) is 23.6. The van der Waals surface area contributed by atoms with Crippen LogP contribution in [0.5, 0.6) is 0 Å². The molecule has 1 unspecified atom stereocenters. The zero-order valence-corrected chi connectivity index (χ0v) is 14.0. The molecule has 0 saturated carbocycles. The SMILES string of the molecule is O=S(=O)(c1ccc(N2CCCC(C(F)(F)F)C2)nc1)N1CCCC1. The number of nitrogens with zero attached hydrogens (tertiary/aromatic N) is 3. The standard InChI is InChI=1S/C15H20F3N3O2S/c16-15(17,18)12-4-3-7-20(11-12)14-6-5-13(10-19-14)24(22,23)21-8-1-2-9-21/h5-6,10,12H,1-4,7-9,11H2. The Morgan fingerprint density at radius 3 is 2.38 bits per heavy atom. The van der Waals surface area contributed by atoms with Crippen LogP contribution in [-0.2, 0) is 10.0 Å². The van der Waals surface area contributed by atoms with Crippen molar-refractivity contribution in [2.45, 2.75) is 36.8 Å². The van der Waals surface area contributed by atoms with Gasteiger partial charge in [-0.15, -0.1) is 0 Å². The summed E-state index contributed by atoms with van der Waals surface area (Å²) < 4.78 is 65.0. The highest BCUT2D eigenvalue weighted by Crippen LogP contribution is 2.34. The molecule has 1 aromatic rings. The monoisotopic (exact) mass is 363 g/mol. The third-order valence-corrected chi connectivity index (χ3v) is 6.51. The topological polar surface area (TPSA) is 53.5 Å². The lowest BCUT2D eigenvalue weighted by molar-refractivity contribution is -0.176. The number of rotatable bonds is 3. The summed E-state index contributed by atoms with van der Waals surface area (Å²) in [6.07, 6.45) is -0.701. The highest BCUT2D eigenvalue weighted by molar-refractivity contribution is 7.89. The van der Waals surface area contributed by atoms with Gasteiger partial charge >= 0.3 is 6.18 Å². The molecule has 134 valence electrons. The first-order valence-corrected chi connectivity index (χ1v) is 9.50. The summed E-state index contributed by atoms with van der Waals surface area (Å²) in [5, 5.41) is 0. The van der Waals surface area contributed by atoms with Crippen LogP contribution in [0.1, 0.15) is 25.7 Å². The van der Waals surface area contributed by atoms with E-state index in [2.05, 4.69) is 4.98 Å². The van der Waals surface area contributed by atoms with Crippen molar-refractivity contribution in [2.24, 2.45) is 5.92 Å². The van der Waals surface area contributed by atoms with Crippen molar-refractivity contribution in [3.63, 3.8) is 0 Å². The van der Waals surface area contributed by atoms with E-state index in [1.54, 1.807) is 4.90 Å². The number of sulfonamides is 1. The fraction of sp³-hybridized carbons (Fsp3) is 0.667. The average Bonchev–Trinajstić information content (AvgIpc) is 3.10. The van der Waals surface area contributed by atoms with Crippen LogP contribution < -0.4 is 4.90 Å². The van der Waals surface area contributed by atoms with Gasteiger partial charge in [0.25, 0.3) is 0 Å². The number of hydrogen-bond donors (Lipinski definition) is 0. The van der Waals surface area contributed by atoms with Crippen molar-refractivity contribution in [2.75, 3.05) is 31.1 Å². The van der Waals surface area contributed by atoms with Crippen LogP contribution in [0.4, 0.5) is 19.0 Å². The number of anilines is 1. The van der Waals surface area contributed by atoms with Crippen LogP contribution in [0.15, 0.2) is 23.2 Å². The fourth-order valence-electron chi connectivity index (χ4n) is 3.24. The lowest BCUT2D eigenvalue weighted by atomic mass is 9.97. The lowest BCUT2D eigenvalue weighted by Crippen LogP contribution is -2.42. The Hall–Kier alpha value is -1.35. The third-order valence-electron chi connectivity index (χ3n) is 4.63. The molecule has 24 heavy (non-hydrogen) atoms. The Morgan fingerprint density at radius 1 is 1.08 bits per heavy atom. The van der Waals surface area contributed by atoms with Crippen LogP contribution in [0.25, 0.3) is 0 Å². The minimum absolute atomic E-state index is 0.0949. The second-order valence-electron chi connectivity index (χ2n) is 6.29. The highest BCUT2D eigenvalue weighted by atomic mass is 32.2. The summed E-state index contributed by atoms with van der Waals surface area (Å²) in [7, 11) is -3.55. The van der Waals surface area contributed by atoms with Crippen molar-refractivity contribution in [1.82, 2.24) is 9.29 Å². The van der Waals surface area contributed by atoms with E-state index in [0.717, 1.165) is 12.8 Å². The Balaban J connectivity index is 1.75. The number of hydrogen-bond acceptors (Lipinski definition) is 4. The maximum Gasteiger partial charge on any atom is 0.393 e. The van der Waals surface area contributed by atoms with Gasteiger partial charge in [0.2, 0.25) is 10.0 Å². The Labute approximate surface area is 139 Å². The smallest absolute Gasteiger partial charge is 0.356 e. The van der Waals surface area contributed by atoms with E-state index >= 15 is 0 Å². The molecule has 0 aromatic carbocycles. The van der Waals surface area contributed by atoms with Crippen LogP contribution in [0.3, 0.4) is 0 Å². The Bertz CT molecular complexity index is 670. The van der Waals surface area contributed by atoms with Gasteiger partial charge in [0, 0.05) is 32.4 Å². The molecule has 0 bridgehead atoms. The summed E-state index contributed by atoms with van der Waals surface area (Å²) in [5.41, 5.74) is 0. The molecule has 0 N–H and O–H groups in total. The van der Waals surface area contributed by atoms with Gasteiger partial charge in [0.15, 0.2) is 0 Å². The molecule has 1 aromatic heterocycles. The van der Waals surface area contributed by atoms with Crippen molar-refractivity contribution in [3.05, 3.63) is 18.3 Å². The molecule has 2 saturated heterocycles. The van der Waals surface area contributed by atoms with Gasteiger partial charge in [0.05, 0.1) is 5.92 Å². The summed E-state index contributed by atoms with van der Waals surface area (Å²) in [6, 6.07) is 2.94. The Morgan fingerprint density at radius 2 is 1.79 bits per heavy atom. The molecule has 0 amide bonds. The average molecular weight is 363 g/mol. The van der Waals surface area contributed by atoms with Crippen molar-refractivity contribution in [1.29, 1.82) is 0 Å². The van der Waals surface area contributed by atoms with Gasteiger partial charge < -0.3 is 4.90 Å². The van der Waals surface area contributed by atoms with E-state index in [9.17, 15) is 21.6 Å². The molecule has 5 nitrogen and oxygen atoms in total. The van der Waals surface area contributed by atoms with Gasteiger partial charge in [-0.2, -0.15) is 17.5 Å². The highest BCUT2D eigenvalue weighted by Gasteiger charge is 2.42. The number of halogens is 3. The molecule has 1 atom stereocenters. The first kappa shape index (κ1) is 17.5. The van der Waals surface area contributed by atoms with E-state index in [-0.39, 0.29) is 17.9 Å². The predicted molar refractivity (Wildman–Crippen MR) is 83.2 cm³/mol. The molecule has 2 aliphatic heterocycles. The molecule has 2 fully saturated rings. The fourth-order valence-corrected chi connectivity index (χ4v) is 4.71. The molecule has 3 heterocycles. The molecule has 9 heteroatoms. The molecular formula is C15H20F3N3O2S. The maximum atomic E-state index is 12.9. The number of piperidine rings is 1. The summed E-state index contributed by atoms with van der Waals surface area (Å²) in [4.78, 5) is 5.78. The maximum absolute atomic E-state index is 12.9. The van der Waals surface area contributed by atoms with E-state index in [1.165, 1.54) is 22.6 Å². The van der Waals surface area contributed by atoms with Crippen LogP contribution >= 0.6 is 0 Å². The largest absolute Gasteiger partial charge is 0.393 e. The zero-order valence-electron chi connectivity index (χ0n) is 13.2. The summed E-state index contributed by atoms with van der Waals surface area (Å²) >= 11 is 0. The van der Waals surface area contributed by atoms with E-state index in [1.807, 2.05) is 0 Å². The van der Waals surface area contributed by atoms with E-state index < -0.39 is 22.1 Å². The second-order valence-corrected chi connectivity index (χ2v) is 8.23. The van der Waals surface area contributed by atoms with Gasteiger partial charge in [-0.3, -0.25) is 0 Å². The Kier molecular flexibility index (Phi) is 4.74. The lowest BCUT2D eigenvalue weighted by Gasteiger charge is -2.34. The van der Waals surface area contributed by atoms with E-state index in [0.29, 0.717) is 31.9 Å². The first-order chi connectivity index (χ1) is 11.3. The van der Waals surface area contributed by atoms with E-state index in [4.69, 9.17) is 0 Å². The molecule has 0 spiro atoms. The number of aromatic nitrogens is 1. The quantitative estimate of drug-likeness (QED) is 0.829. The van der Waals surface area contributed by atoms with Gasteiger partial charge in [-0.05, 0) is 37.8 Å². The summed E-state index contributed by atoms with van der Waals surface area (Å²) in [5.74, 6) is -0.967. The number of pyridine rings is 1. The summed E-state index contributed by atoms with van der Waals surface area (Å²) in [6.45, 7) is 1.37. The molecule has 0 aliphatic carbocycles. The third kappa shape index (κ3) is 3.51. The zero-order chi connectivity index (χ0) is 17.4. The van der Waals surface area contributed by atoms with Crippen molar-refractivity contribution < 1.29 is 21.6 Å². The number of alkyl halides is 3. The molecular weight excluding hydrogens is 343 g/mol. The van der Waals surface area contributed by atoms with Gasteiger partial charge in [-0.25, -0.2) is 13.4 Å². The van der Waals surface area contributed by atoms with Gasteiger partial charge in [0.1, 0.15) is 10.7 Å². The predicted octanol–water partition coefficient (Wildman–Crippen LogP) is 2.64. The van der Waals surface area contributed by atoms with Crippen LogP contribution in [-0.4, -0.2) is 50.1 Å². The van der Waals surface area contributed by atoms with Crippen LogP contribution in [0, 0.1) is 5.92 Å². The molecule has 2 aliphatic rings. The van der Waals surface area contributed by atoms with Gasteiger partial charge in [-0.1, -0.05) is 0 Å². The minimum atomic E-state index is -4.21. The molecule has 3 rings (SSSR count). The second kappa shape index (κ2) is 6.51. The van der Waals surface area contributed by atoms with Crippen molar-refractivity contribution in [3.8, 4) is 0 Å². The molecule has 0 radical (unpaired) electrons. The first-order valence-electron chi connectivity index (χ1n) is 8.06.